The number of hydrazone groups is 1. The lowest BCUT2D eigenvalue weighted by atomic mass is 9.85. The third-order valence-electron chi connectivity index (χ3n) is 7.37. The number of imide groups is 1. The summed E-state index contributed by atoms with van der Waals surface area (Å²) in [6.07, 6.45) is 6.49. The first kappa shape index (κ1) is 22.2. The topological polar surface area (TPSA) is 88.1 Å². The van der Waals surface area contributed by atoms with Gasteiger partial charge in [0.25, 0.3) is 17.7 Å². The number of carbonyl (C=O) groups is 3. The van der Waals surface area contributed by atoms with Gasteiger partial charge in [-0.15, -0.1) is 0 Å². The molecule has 7 nitrogen and oxygen atoms in total. The highest BCUT2D eigenvalue weighted by atomic mass is 16.5. The second-order valence-electron chi connectivity index (χ2n) is 9.63. The van der Waals surface area contributed by atoms with Crippen LogP contribution in [0.2, 0.25) is 0 Å². The second-order valence-corrected chi connectivity index (χ2v) is 9.63. The predicted molar refractivity (Wildman–Crippen MR) is 136 cm³/mol. The fourth-order valence-electron chi connectivity index (χ4n) is 5.63. The van der Waals surface area contributed by atoms with Gasteiger partial charge in [-0.3, -0.25) is 14.4 Å². The monoisotopic (exact) mass is 479 g/mol. The quantitative estimate of drug-likeness (QED) is 0.324. The molecule has 3 aromatic rings. The van der Waals surface area contributed by atoms with Crippen LogP contribution in [-0.4, -0.2) is 35.6 Å². The molecule has 3 amide bonds. The van der Waals surface area contributed by atoms with Crippen molar-refractivity contribution in [3.05, 3.63) is 83.9 Å². The van der Waals surface area contributed by atoms with Crippen LogP contribution in [0.15, 0.2) is 77.9 Å². The Morgan fingerprint density at radius 2 is 1.69 bits per heavy atom. The number of hydrogen-bond donors (Lipinski definition) is 1. The molecule has 2 fully saturated rings. The van der Waals surface area contributed by atoms with Crippen LogP contribution in [0.25, 0.3) is 10.8 Å². The highest BCUT2D eigenvalue weighted by molar-refractivity contribution is 6.08. The molecule has 3 aromatic carbocycles. The molecule has 0 radical (unpaired) electrons. The van der Waals surface area contributed by atoms with E-state index in [9.17, 15) is 14.4 Å². The van der Waals surface area contributed by atoms with Gasteiger partial charge in [0, 0.05) is 11.3 Å². The van der Waals surface area contributed by atoms with E-state index < -0.39 is 0 Å². The molecule has 2 bridgehead atoms. The first-order valence-corrected chi connectivity index (χ1v) is 12.1. The zero-order chi connectivity index (χ0) is 24.8. The van der Waals surface area contributed by atoms with Crippen LogP contribution >= 0.6 is 0 Å². The van der Waals surface area contributed by atoms with E-state index >= 15 is 0 Å². The van der Waals surface area contributed by atoms with Gasteiger partial charge in [0.15, 0.2) is 6.61 Å². The molecule has 1 saturated carbocycles. The summed E-state index contributed by atoms with van der Waals surface area (Å²) in [7, 11) is 0. The number of nitrogens with zero attached hydrogens (tertiary/aromatic N) is 2. The van der Waals surface area contributed by atoms with Crippen LogP contribution in [0.3, 0.4) is 0 Å². The molecule has 7 heteroatoms. The maximum Gasteiger partial charge on any atom is 0.262 e. The summed E-state index contributed by atoms with van der Waals surface area (Å²) in [6, 6.07) is 18.9. The average molecular weight is 480 g/mol. The Hall–Kier alpha value is -4.26. The molecule has 2 aliphatic carbocycles. The molecule has 36 heavy (non-hydrogen) atoms. The number of allylic oxidation sites excluding steroid dienone is 2. The van der Waals surface area contributed by atoms with Crippen molar-refractivity contribution in [2.24, 2.45) is 28.8 Å². The Kier molecular flexibility index (Phi) is 5.40. The van der Waals surface area contributed by atoms with Crippen molar-refractivity contribution in [2.45, 2.75) is 13.3 Å². The van der Waals surface area contributed by atoms with Gasteiger partial charge < -0.3 is 10.1 Å². The van der Waals surface area contributed by atoms with Gasteiger partial charge in [-0.25, -0.2) is 0 Å². The van der Waals surface area contributed by atoms with Crippen LogP contribution < -0.4 is 10.1 Å². The van der Waals surface area contributed by atoms with E-state index in [-0.39, 0.29) is 48.0 Å². The van der Waals surface area contributed by atoms with Crippen LogP contribution in [0.5, 0.6) is 5.75 Å². The first-order chi connectivity index (χ1) is 17.5. The van der Waals surface area contributed by atoms with E-state index in [1.54, 1.807) is 6.07 Å². The third-order valence-corrected chi connectivity index (χ3v) is 7.37. The van der Waals surface area contributed by atoms with E-state index in [2.05, 4.69) is 22.6 Å². The van der Waals surface area contributed by atoms with Crippen molar-refractivity contribution in [1.29, 1.82) is 0 Å². The molecule has 1 saturated heterocycles. The van der Waals surface area contributed by atoms with E-state index in [1.807, 2.05) is 61.5 Å². The molecule has 1 heterocycles. The fraction of sp³-hybridized carbons (Fsp3) is 0.241. The van der Waals surface area contributed by atoms with Crippen molar-refractivity contribution in [3.63, 3.8) is 0 Å². The molecule has 4 unspecified atom stereocenters. The molecular weight excluding hydrogens is 454 g/mol. The molecule has 1 N–H and O–H groups in total. The smallest absolute Gasteiger partial charge is 0.262 e. The van der Waals surface area contributed by atoms with Gasteiger partial charge in [0.2, 0.25) is 0 Å². The summed E-state index contributed by atoms with van der Waals surface area (Å²) in [5.74, 6) is -0.693. The zero-order valence-electron chi connectivity index (χ0n) is 19.8. The molecule has 180 valence electrons. The van der Waals surface area contributed by atoms with Gasteiger partial charge in [0.1, 0.15) is 5.75 Å². The number of anilines is 1. The molecule has 3 aliphatic rings. The Bertz CT molecular complexity index is 1410. The van der Waals surface area contributed by atoms with Crippen LogP contribution in [0, 0.1) is 30.6 Å². The highest BCUT2D eigenvalue weighted by Crippen LogP contribution is 2.52. The van der Waals surface area contributed by atoms with E-state index in [1.165, 1.54) is 6.21 Å². The summed E-state index contributed by atoms with van der Waals surface area (Å²) >= 11 is 0. The summed E-state index contributed by atoms with van der Waals surface area (Å²) in [6.45, 7) is 1.78. The molecule has 6 rings (SSSR count). The number of hydrogen-bond acceptors (Lipinski definition) is 5. The molecule has 0 spiro atoms. The lowest BCUT2D eigenvalue weighted by molar-refractivity contribution is -0.140. The Labute approximate surface area is 208 Å². The summed E-state index contributed by atoms with van der Waals surface area (Å²) < 4.78 is 5.89. The number of rotatable bonds is 6. The van der Waals surface area contributed by atoms with Gasteiger partial charge in [-0.05, 0) is 54.2 Å². The van der Waals surface area contributed by atoms with E-state index in [0.29, 0.717) is 17.0 Å². The lowest BCUT2D eigenvalue weighted by Gasteiger charge is -2.14. The van der Waals surface area contributed by atoms with Crippen molar-refractivity contribution < 1.29 is 19.1 Å². The summed E-state index contributed by atoms with van der Waals surface area (Å²) in [5.41, 5.74) is 2.40. The van der Waals surface area contributed by atoms with Crippen molar-refractivity contribution in [1.82, 2.24) is 5.01 Å². The van der Waals surface area contributed by atoms with Crippen molar-refractivity contribution in [2.75, 3.05) is 11.9 Å². The summed E-state index contributed by atoms with van der Waals surface area (Å²) in [5, 5.41) is 9.99. The number of amides is 3. The van der Waals surface area contributed by atoms with Crippen molar-refractivity contribution in [3.8, 4) is 5.75 Å². The van der Waals surface area contributed by atoms with E-state index in [0.717, 1.165) is 27.8 Å². The number of carbonyl (C=O) groups excluding carboxylic acids is 3. The second kappa shape index (κ2) is 8.75. The SMILES string of the molecule is Cc1ccc(NC(=O)COc2ccc3ccccc3c2C=NN2C(=O)C3C4C=CC(C4)C3C2=O)cc1. The van der Waals surface area contributed by atoms with Gasteiger partial charge in [0.05, 0.1) is 18.1 Å². The number of aryl methyl sites for hydroxylation is 1. The molecule has 0 aromatic heterocycles. The van der Waals surface area contributed by atoms with Crippen LogP contribution in [0.1, 0.15) is 17.5 Å². The largest absolute Gasteiger partial charge is 0.483 e. The number of ether oxygens (including phenoxy) is 1. The minimum Gasteiger partial charge on any atom is -0.483 e. The van der Waals surface area contributed by atoms with Crippen LogP contribution in [0.4, 0.5) is 5.69 Å². The standard InChI is InChI=1S/C29H25N3O4/c1-17-6-11-21(12-7-17)31-25(33)16-36-24-13-10-18-4-2-3-5-22(18)23(24)15-30-32-28(34)26-19-8-9-20(14-19)27(26)29(32)35/h2-13,15,19-20,26-27H,14,16H2,1H3,(H,31,33). The molecule has 4 atom stereocenters. The number of nitrogens with one attached hydrogen (secondary N) is 1. The molecular formula is C29H25N3O4. The lowest BCUT2D eigenvalue weighted by Crippen LogP contribution is -2.28. The number of fused-ring (bicyclic) bond motifs is 6. The van der Waals surface area contributed by atoms with Gasteiger partial charge in [-0.2, -0.15) is 10.1 Å². The number of benzene rings is 3. The fourth-order valence-corrected chi connectivity index (χ4v) is 5.63. The minimum absolute atomic E-state index is 0.125. The Morgan fingerprint density at radius 3 is 2.42 bits per heavy atom. The minimum atomic E-state index is -0.307. The van der Waals surface area contributed by atoms with E-state index in [4.69, 9.17) is 4.74 Å². The third kappa shape index (κ3) is 3.77. The van der Waals surface area contributed by atoms with Gasteiger partial charge >= 0.3 is 0 Å². The predicted octanol–water partition coefficient (Wildman–Crippen LogP) is 4.31. The first-order valence-electron chi connectivity index (χ1n) is 12.1. The maximum absolute atomic E-state index is 13.0. The summed E-state index contributed by atoms with van der Waals surface area (Å²) in [4.78, 5) is 38.6. The van der Waals surface area contributed by atoms with Crippen LogP contribution in [-0.2, 0) is 14.4 Å². The van der Waals surface area contributed by atoms with Gasteiger partial charge in [-0.1, -0.05) is 60.2 Å². The Morgan fingerprint density at radius 1 is 1.00 bits per heavy atom. The normalized spacial score (nSPS) is 24.2. The Balaban J connectivity index is 1.24. The van der Waals surface area contributed by atoms with Crippen molar-refractivity contribution >= 4 is 40.4 Å². The average Bonchev–Trinajstić information content (AvgIpc) is 3.57. The maximum atomic E-state index is 13.0. The molecule has 1 aliphatic heterocycles. The zero-order valence-corrected chi connectivity index (χ0v) is 19.8. The highest BCUT2D eigenvalue weighted by Gasteiger charge is 2.59.